The van der Waals surface area contributed by atoms with E-state index in [1.807, 2.05) is 49.4 Å². The number of ether oxygens (including phenoxy) is 1. The molecule has 1 unspecified atom stereocenters. The summed E-state index contributed by atoms with van der Waals surface area (Å²) in [5.74, 6) is -0.475. The SMILES string of the molecule is CC(NCc1cc(-c2ccccc2)c(OCC(F)(F)F)cc1C(F)(F)F)c1cccc2ccccc12. The van der Waals surface area contributed by atoms with Gasteiger partial charge in [-0.3, -0.25) is 0 Å². The van der Waals surface area contributed by atoms with Gasteiger partial charge < -0.3 is 10.1 Å². The van der Waals surface area contributed by atoms with E-state index in [2.05, 4.69) is 5.32 Å². The second-order valence-corrected chi connectivity index (χ2v) is 8.44. The molecule has 0 bridgehead atoms. The molecule has 0 aliphatic carbocycles. The Bertz CT molecular complexity index is 1330. The molecule has 2 nitrogen and oxygen atoms in total. The van der Waals surface area contributed by atoms with Crippen LogP contribution in [-0.4, -0.2) is 12.8 Å². The van der Waals surface area contributed by atoms with Crippen molar-refractivity contribution >= 4 is 10.8 Å². The Morgan fingerprint density at radius 2 is 1.47 bits per heavy atom. The quantitative estimate of drug-likeness (QED) is 0.256. The number of rotatable bonds is 7. The number of fused-ring (bicyclic) bond motifs is 1. The van der Waals surface area contributed by atoms with Gasteiger partial charge >= 0.3 is 12.4 Å². The van der Waals surface area contributed by atoms with Crippen molar-refractivity contribution in [2.24, 2.45) is 0 Å². The zero-order valence-corrected chi connectivity index (χ0v) is 19.3. The Hall–Kier alpha value is -3.52. The Kier molecular flexibility index (Phi) is 7.26. The number of hydrogen-bond donors (Lipinski definition) is 1. The van der Waals surface area contributed by atoms with Crippen molar-refractivity contribution in [1.82, 2.24) is 5.32 Å². The maximum atomic E-state index is 14.0. The Labute approximate surface area is 204 Å². The highest BCUT2D eigenvalue weighted by Crippen LogP contribution is 2.40. The standard InChI is InChI=1S/C28H23F6NO/c1-18(22-13-7-11-19-10-5-6-12-23(19)22)35-16-21-14-24(20-8-3-2-4-9-20)26(36-17-27(29,30)31)15-25(21)28(32,33)34/h2-15,18,35H,16-17H2,1H3. The van der Waals surface area contributed by atoms with Gasteiger partial charge in [-0.15, -0.1) is 0 Å². The molecule has 1 atom stereocenters. The molecule has 8 heteroatoms. The van der Waals surface area contributed by atoms with Gasteiger partial charge in [-0.25, -0.2) is 0 Å². The summed E-state index contributed by atoms with van der Waals surface area (Å²) in [4.78, 5) is 0. The summed E-state index contributed by atoms with van der Waals surface area (Å²) >= 11 is 0. The van der Waals surface area contributed by atoms with Crippen molar-refractivity contribution < 1.29 is 31.1 Å². The summed E-state index contributed by atoms with van der Waals surface area (Å²) in [6, 6.07) is 23.3. The molecule has 1 N–H and O–H groups in total. The monoisotopic (exact) mass is 503 g/mol. The number of halogens is 6. The molecule has 0 aromatic heterocycles. The van der Waals surface area contributed by atoms with Crippen LogP contribution >= 0.6 is 0 Å². The maximum Gasteiger partial charge on any atom is 0.422 e. The molecule has 0 saturated carbocycles. The van der Waals surface area contributed by atoms with E-state index in [0.29, 0.717) is 11.6 Å². The minimum absolute atomic E-state index is 0.0900. The Morgan fingerprint density at radius 1 is 0.806 bits per heavy atom. The molecule has 0 spiro atoms. The van der Waals surface area contributed by atoms with Crippen LogP contribution in [-0.2, 0) is 12.7 Å². The van der Waals surface area contributed by atoms with Gasteiger partial charge in [-0.2, -0.15) is 26.3 Å². The molecule has 4 rings (SSSR count). The summed E-state index contributed by atoms with van der Waals surface area (Å²) in [5, 5.41) is 5.15. The third kappa shape index (κ3) is 5.99. The first kappa shape index (κ1) is 25.6. The Morgan fingerprint density at radius 3 is 2.17 bits per heavy atom. The van der Waals surface area contributed by atoms with Crippen LogP contribution in [0.25, 0.3) is 21.9 Å². The first-order chi connectivity index (χ1) is 17.0. The highest BCUT2D eigenvalue weighted by atomic mass is 19.4. The predicted molar refractivity (Wildman–Crippen MR) is 128 cm³/mol. The first-order valence-corrected chi connectivity index (χ1v) is 11.2. The van der Waals surface area contributed by atoms with E-state index in [4.69, 9.17) is 4.74 Å². The fourth-order valence-electron chi connectivity index (χ4n) is 4.16. The number of alkyl halides is 6. The molecule has 4 aromatic carbocycles. The predicted octanol–water partition coefficient (Wildman–Crippen LogP) is 8.32. The van der Waals surface area contributed by atoms with E-state index in [9.17, 15) is 26.3 Å². The fraction of sp³-hybridized carbons (Fsp3) is 0.214. The van der Waals surface area contributed by atoms with E-state index >= 15 is 0 Å². The molecule has 0 saturated heterocycles. The largest absolute Gasteiger partial charge is 0.483 e. The second-order valence-electron chi connectivity index (χ2n) is 8.44. The van der Waals surface area contributed by atoms with E-state index < -0.39 is 30.3 Å². The zero-order chi connectivity index (χ0) is 25.9. The van der Waals surface area contributed by atoms with Crippen molar-refractivity contribution in [3.05, 3.63) is 102 Å². The van der Waals surface area contributed by atoms with Crippen LogP contribution in [0.5, 0.6) is 5.75 Å². The van der Waals surface area contributed by atoms with Crippen LogP contribution in [0.1, 0.15) is 29.7 Å². The summed E-state index contributed by atoms with van der Waals surface area (Å²) < 4.78 is 85.2. The average molecular weight is 503 g/mol. The van der Waals surface area contributed by atoms with Gasteiger partial charge in [0.2, 0.25) is 0 Å². The van der Waals surface area contributed by atoms with Crippen LogP contribution < -0.4 is 10.1 Å². The summed E-state index contributed by atoms with van der Waals surface area (Å²) in [6.07, 6.45) is -9.48. The molecule has 4 aromatic rings. The fourth-order valence-corrected chi connectivity index (χ4v) is 4.16. The summed E-state index contributed by atoms with van der Waals surface area (Å²) in [5.41, 5.74) is 0.397. The normalized spacial score (nSPS) is 13.1. The molecule has 0 aliphatic rings. The minimum atomic E-state index is -4.79. The van der Waals surface area contributed by atoms with Gasteiger partial charge in [0.05, 0.1) is 5.56 Å². The molecular weight excluding hydrogens is 480 g/mol. The smallest absolute Gasteiger partial charge is 0.422 e. The average Bonchev–Trinajstić information content (AvgIpc) is 2.85. The summed E-state index contributed by atoms with van der Waals surface area (Å²) in [7, 11) is 0. The molecule has 188 valence electrons. The topological polar surface area (TPSA) is 21.3 Å². The maximum absolute atomic E-state index is 14.0. The Balaban J connectivity index is 1.72. The zero-order valence-electron chi connectivity index (χ0n) is 19.3. The highest BCUT2D eigenvalue weighted by Gasteiger charge is 2.36. The van der Waals surface area contributed by atoms with E-state index in [0.717, 1.165) is 16.3 Å². The molecule has 36 heavy (non-hydrogen) atoms. The van der Waals surface area contributed by atoms with Crippen molar-refractivity contribution in [3.63, 3.8) is 0 Å². The third-order valence-corrected chi connectivity index (χ3v) is 5.88. The van der Waals surface area contributed by atoms with Crippen LogP contribution in [0.4, 0.5) is 26.3 Å². The molecule has 0 radical (unpaired) electrons. The second kappa shape index (κ2) is 10.2. The van der Waals surface area contributed by atoms with Gasteiger partial charge in [-0.1, -0.05) is 72.8 Å². The van der Waals surface area contributed by atoms with Crippen molar-refractivity contribution in [1.29, 1.82) is 0 Å². The van der Waals surface area contributed by atoms with Crippen LogP contribution in [0.2, 0.25) is 0 Å². The van der Waals surface area contributed by atoms with Gasteiger partial charge in [0.25, 0.3) is 0 Å². The van der Waals surface area contributed by atoms with E-state index in [1.165, 1.54) is 6.07 Å². The van der Waals surface area contributed by atoms with Gasteiger partial charge in [0.1, 0.15) is 5.75 Å². The lowest BCUT2D eigenvalue weighted by atomic mass is 9.96. The number of hydrogen-bond acceptors (Lipinski definition) is 2. The van der Waals surface area contributed by atoms with Gasteiger partial charge in [0, 0.05) is 18.2 Å². The lowest BCUT2D eigenvalue weighted by Gasteiger charge is -2.22. The van der Waals surface area contributed by atoms with E-state index in [1.54, 1.807) is 30.3 Å². The molecular formula is C28H23F6NO. The highest BCUT2D eigenvalue weighted by molar-refractivity contribution is 5.86. The lowest BCUT2D eigenvalue weighted by Crippen LogP contribution is -2.22. The summed E-state index contributed by atoms with van der Waals surface area (Å²) in [6.45, 7) is 0.00636. The molecule has 0 heterocycles. The minimum Gasteiger partial charge on any atom is -0.483 e. The van der Waals surface area contributed by atoms with Crippen molar-refractivity contribution in [3.8, 4) is 16.9 Å². The number of nitrogens with one attached hydrogen (secondary N) is 1. The molecule has 0 amide bonds. The van der Waals surface area contributed by atoms with Crippen LogP contribution in [0.15, 0.2) is 84.9 Å². The van der Waals surface area contributed by atoms with Crippen molar-refractivity contribution in [2.75, 3.05) is 6.61 Å². The molecule has 0 aliphatic heterocycles. The van der Waals surface area contributed by atoms with Crippen LogP contribution in [0.3, 0.4) is 0 Å². The van der Waals surface area contributed by atoms with E-state index in [-0.39, 0.29) is 23.7 Å². The van der Waals surface area contributed by atoms with Gasteiger partial charge in [0.15, 0.2) is 6.61 Å². The first-order valence-electron chi connectivity index (χ1n) is 11.2. The van der Waals surface area contributed by atoms with Crippen molar-refractivity contribution in [2.45, 2.75) is 31.9 Å². The molecule has 0 fully saturated rings. The van der Waals surface area contributed by atoms with Crippen LogP contribution in [0, 0.1) is 0 Å². The third-order valence-electron chi connectivity index (χ3n) is 5.88. The van der Waals surface area contributed by atoms with Gasteiger partial charge in [-0.05, 0) is 46.5 Å². The number of benzene rings is 4. The lowest BCUT2D eigenvalue weighted by molar-refractivity contribution is -0.153.